The van der Waals surface area contributed by atoms with E-state index in [1.54, 1.807) is 54.6 Å². The largest absolute Gasteiger partial charge is 0.495 e. The average molecular weight is 493 g/mol. The molecule has 6 nitrogen and oxygen atoms in total. The zero-order chi connectivity index (χ0) is 23.3. The Morgan fingerprint density at radius 2 is 1.72 bits per heavy atom. The summed E-state index contributed by atoms with van der Waals surface area (Å²) in [5.74, 6) is -0.172. The predicted molar refractivity (Wildman–Crippen MR) is 127 cm³/mol. The number of ether oxygens (including phenoxy) is 1. The number of carbonyl (C=O) groups is 1. The van der Waals surface area contributed by atoms with Crippen LogP contribution in [-0.2, 0) is 21.4 Å². The van der Waals surface area contributed by atoms with Crippen molar-refractivity contribution in [3.05, 3.63) is 87.9 Å². The number of rotatable bonds is 8. The fourth-order valence-corrected chi connectivity index (χ4v) is 4.92. The van der Waals surface area contributed by atoms with Gasteiger partial charge in [-0.15, -0.1) is 0 Å². The Bertz CT molecular complexity index is 1210. The molecule has 0 atom stereocenters. The number of sulfonamides is 1. The van der Waals surface area contributed by atoms with Gasteiger partial charge in [-0.25, -0.2) is 8.42 Å². The minimum Gasteiger partial charge on any atom is -0.495 e. The molecule has 0 aromatic heterocycles. The van der Waals surface area contributed by atoms with Crippen LogP contribution in [0.1, 0.15) is 11.1 Å². The van der Waals surface area contributed by atoms with Crippen molar-refractivity contribution < 1.29 is 17.9 Å². The SMILES string of the molecule is COc1ccccc1N(CC(=O)NCc1ccc(Cl)cc1Cl)S(=O)(=O)c1ccc(C)cc1. The number of amides is 1. The molecule has 0 fully saturated rings. The van der Waals surface area contributed by atoms with Crippen molar-refractivity contribution in [3.63, 3.8) is 0 Å². The van der Waals surface area contributed by atoms with Crippen LogP contribution in [0.15, 0.2) is 71.6 Å². The van der Waals surface area contributed by atoms with Crippen molar-refractivity contribution in [2.75, 3.05) is 18.0 Å². The summed E-state index contributed by atoms with van der Waals surface area (Å²) in [7, 11) is -2.60. The van der Waals surface area contributed by atoms with E-state index in [9.17, 15) is 13.2 Å². The van der Waals surface area contributed by atoms with Crippen LogP contribution in [0.25, 0.3) is 0 Å². The molecule has 0 radical (unpaired) electrons. The highest BCUT2D eigenvalue weighted by atomic mass is 35.5. The molecule has 0 heterocycles. The van der Waals surface area contributed by atoms with Gasteiger partial charge in [-0.05, 0) is 48.9 Å². The fourth-order valence-electron chi connectivity index (χ4n) is 3.02. The van der Waals surface area contributed by atoms with Crippen molar-refractivity contribution in [1.29, 1.82) is 0 Å². The first-order valence-electron chi connectivity index (χ1n) is 9.65. The number of hydrogen-bond acceptors (Lipinski definition) is 4. The van der Waals surface area contributed by atoms with Gasteiger partial charge in [0.25, 0.3) is 10.0 Å². The molecule has 3 aromatic rings. The number of para-hydroxylation sites is 2. The molecule has 1 N–H and O–H groups in total. The van der Waals surface area contributed by atoms with Crippen LogP contribution in [0.4, 0.5) is 5.69 Å². The van der Waals surface area contributed by atoms with E-state index in [1.807, 2.05) is 6.92 Å². The van der Waals surface area contributed by atoms with Gasteiger partial charge in [-0.1, -0.05) is 59.1 Å². The highest BCUT2D eigenvalue weighted by Crippen LogP contribution is 2.32. The third kappa shape index (κ3) is 5.54. The molecule has 0 unspecified atom stereocenters. The zero-order valence-corrected chi connectivity index (χ0v) is 19.8. The molecule has 3 rings (SSSR count). The monoisotopic (exact) mass is 492 g/mol. The second-order valence-corrected chi connectivity index (χ2v) is 9.71. The Morgan fingerprint density at radius 3 is 2.38 bits per heavy atom. The van der Waals surface area contributed by atoms with E-state index in [0.717, 1.165) is 9.87 Å². The molecular formula is C23H22Cl2N2O4S. The molecule has 0 spiro atoms. The van der Waals surface area contributed by atoms with Crippen molar-refractivity contribution in [2.24, 2.45) is 0 Å². The van der Waals surface area contributed by atoms with Crippen molar-refractivity contribution in [2.45, 2.75) is 18.4 Å². The van der Waals surface area contributed by atoms with E-state index in [0.29, 0.717) is 21.4 Å². The standard InChI is InChI=1S/C23H22Cl2N2O4S/c1-16-7-11-19(12-8-16)32(29,30)27(21-5-3-4-6-22(21)31-2)15-23(28)26-14-17-9-10-18(24)13-20(17)25/h3-13H,14-15H2,1-2H3,(H,26,28). The van der Waals surface area contributed by atoms with Gasteiger partial charge in [-0.3, -0.25) is 9.10 Å². The van der Waals surface area contributed by atoms with Gasteiger partial charge in [0.05, 0.1) is 17.7 Å². The topological polar surface area (TPSA) is 75.7 Å². The van der Waals surface area contributed by atoms with Gasteiger partial charge in [0, 0.05) is 16.6 Å². The van der Waals surface area contributed by atoms with Crippen LogP contribution in [0.3, 0.4) is 0 Å². The number of hydrogen-bond donors (Lipinski definition) is 1. The second kappa shape index (κ2) is 10.3. The molecule has 0 saturated carbocycles. The molecular weight excluding hydrogens is 471 g/mol. The molecule has 0 aliphatic heterocycles. The van der Waals surface area contributed by atoms with Gasteiger partial charge in [0.2, 0.25) is 5.91 Å². The Hall–Kier alpha value is -2.74. The lowest BCUT2D eigenvalue weighted by molar-refractivity contribution is -0.119. The van der Waals surface area contributed by atoms with Gasteiger partial charge < -0.3 is 10.1 Å². The lowest BCUT2D eigenvalue weighted by Gasteiger charge is -2.25. The van der Waals surface area contributed by atoms with Crippen LogP contribution in [0, 0.1) is 6.92 Å². The first-order chi connectivity index (χ1) is 15.2. The Labute approximate surface area is 197 Å². The minimum absolute atomic E-state index is 0.0718. The first kappa shape index (κ1) is 23.9. The summed E-state index contributed by atoms with van der Waals surface area (Å²) >= 11 is 12.1. The third-order valence-electron chi connectivity index (χ3n) is 4.74. The fraction of sp³-hybridized carbons (Fsp3) is 0.174. The smallest absolute Gasteiger partial charge is 0.264 e. The quantitative estimate of drug-likeness (QED) is 0.488. The molecule has 0 aliphatic rings. The van der Waals surface area contributed by atoms with Crippen LogP contribution >= 0.6 is 23.2 Å². The summed E-state index contributed by atoms with van der Waals surface area (Å²) in [6.45, 7) is 1.55. The van der Waals surface area contributed by atoms with E-state index < -0.39 is 22.5 Å². The van der Waals surface area contributed by atoms with Crippen molar-refractivity contribution in [1.82, 2.24) is 5.32 Å². The van der Waals surface area contributed by atoms with E-state index in [4.69, 9.17) is 27.9 Å². The minimum atomic E-state index is -4.05. The normalized spacial score (nSPS) is 11.1. The summed E-state index contributed by atoms with van der Waals surface area (Å²) < 4.78 is 33.3. The van der Waals surface area contributed by atoms with Crippen molar-refractivity contribution in [3.8, 4) is 5.75 Å². The highest BCUT2D eigenvalue weighted by molar-refractivity contribution is 7.92. The van der Waals surface area contributed by atoms with Crippen LogP contribution in [0.5, 0.6) is 5.75 Å². The number of nitrogens with zero attached hydrogens (tertiary/aromatic N) is 1. The van der Waals surface area contributed by atoms with Crippen molar-refractivity contribution >= 4 is 44.8 Å². The maximum absolute atomic E-state index is 13.5. The molecule has 0 aliphatic carbocycles. The predicted octanol–water partition coefficient (Wildman–Crippen LogP) is 4.82. The summed E-state index contributed by atoms with van der Waals surface area (Å²) in [6, 6.07) is 18.0. The summed E-state index contributed by atoms with van der Waals surface area (Å²) in [5.41, 5.74) is 1.84. The van der Waals surface area contributed by atoms with Gasteiger partial charge >= 0.3 is 0 Å². The van der Waals surface area contributed by atoms with Crippen LogP contribution < -0.4 is 14.4 Å². The first-order valence-corrected chi connectivity index (χ1v) is 11.8. The lowest BCUT2D eigenvalue weighted by atomic mass is 10.2. The number of nitrogens with one attached hydrogen (secondary N) is 1. The summed E-state index contributed by atoms with van der Waals surface area (Å²) in [5, 5.41) is 3.61. The average Bonchev–Trinajstić information content (AvgIpc) is 2.77. The van der Waals surface area contributed by atoms with Crippen LogP contribution in [0.2, 0.25) is 10.0 Å². The number of halogens is 2. The second-order valence-electron chi connectivity index (χ2n) is 7.01. The summed E-state index contributed by atoms with van der Waals surface area (Å²) in [6.07, 6.45) is 0. The van der Waals surface area contributed by atoms with Gasteiger partial charge in [0.1, 0.15) is 12.3 Å². The number of anilines is 1. The van der Waals surface area contributed by atoms with E-state index in [1.165, 1.54) is 19.2 Å². The molecule has 9 heteroatoms. The molecule has 1 amide bonds. The molecule has 32 heavy (non-hydrogen) atoms. The molecule has 168 valence electrons. The Kier molecular flexibility index (Phi) is 7.66. The molecule has 0 saturated heterocycles. The third-order valence-corrected chi connectivity index (χ3v) is 7.10. The van der Waals surface area contributed by atoms with E-state index >= 15 is 0 Å². The highest BCUT2D eigenvalue weighted by Gasteiger charge is 2.29. The van der Waals surface area contributed by atoms with Gasteiger partial charge in [-0.2, -0.15) is 0 Å². The van der Waals surface area contributed by atoms with Crippen LogP contribution in [-0.4, -0.2) is 28.0 Å². The van der Waals surface area contributed by atoms with E-state index in [2.05, 4.69) is 5.32 Å². The van der Waals surface area contributed by atoms with E-state index in [-0.39, 0.29) is 17.1 Å². The number of carbonyl (C=O) groups excluding carboxylic acids is 1. The molecule has 0 bridgehead atoms. The number of aryl methyl sites for hydroxylation is 1. The molecule has 3 aromatic carbocycles. The maximum Gasteiger partial charge on any atom is 0.264 e. The summed E-state index contributed by atoms with van der Waals surface area (Å²) in [4.78, 5) is 12.9. The van der Waals surface area contributed by atoms with Gasteiger partial charge in [0.15, 0.2) is 0 Å². The number of methoxy groups -OCH3 is 1. The Balaban J connectivity index is 1.90. The zero-order valence-electron chi connectivity index (χ0n) is 17.5. The Morgan fingerprint density at radius 1 is 1.03 bits per heavy atom. The number of benzene rings is 3. The maximum atomic E-state index is 13.5. The lowest BCUT2D eigenvalue weighted by Crippen LogP contribution is -2.40.